The molecule has 0 aliphatic carbocycles. The SMILES string of the molecule is N#Cc1ccccc1C=C=N. The Morgan fingerprint density at radius 2 is 2.09 bits per heavy atom. The van der Waals surface area contributed by atoms with Crippen molar-refractivity contribution in [3.8, 4) is 6.07 Å². The zero-order chi connectivity index (χ0) is 8.10. The van der Waals surface area contributed by atoms with Crippen molar-refractivity contribution < 1.29 is 0 Å². The van der Waals surface area contributed by atoms with Crippen molar-refractivity contribution in [1.29, 1.82) is 10.7 Å². The smallest absolute Gasteiger partial charge is 0.0998 e. The number of nitrogens with zero attached hydrogens (tertiary/aromatic N) is 1. The molecule has 0 saturated carbocycles. The van der Waals surface area contributed by atoms with Crippen LogP contribution in [0.1, 0.15) is 11.1 Å². The fourth-order valence-corrected chi connectivity index (χ4v) is 0.802. The van der Waals surface area contributed by atoms with E-state index in [9.17, 15) is 0 Å². The first-order valence-electron chi connectivity index (χ1n) is 3.13. The van der Waals surface area contributed by atoms with Crippen molar-refractivity contribution in [2.24, 2.45) is 0 Å². The molecule has 0 bridgehead atoms. The number of benzene rings is 1. The maximum absolute atomic E-state index is 8.59. The van der Waals surface area contributed by atoms with Crippen molar-refractivity contribution in [3.05, 3.63) is 35.4 Å². The summed E-state index contributed by atoms with van der Waals surface area (Å²) in [7, 11) is 0. The van der Waals surface area contributed by atoms with E-state index in [0.29, 0.717) is 5.56 Å². The molecule has 0 aliphatic rings. The van der Waals surface area contributed by atoms with E-state index in [1.54, 1.807) is 18.2 Å². The second kappa shape index (κ2) is 3.36. The van der Waals surface area contributed by atoms with Crippen LogP contribution in [0.2, 0.25) is 0 Å². The molecule has 1 rings (SSSR count). The van der Waals surface area contributed by atoms with Gasteiger partial charge >= 0.3 is 0 Å². The molecule has 2 heteroatoms. The third-order valence-electron chi connectivity index (χ3n) is 1.31. The summed E-state index contributed by atoms with van der Waals surface area (Å²) in [5, 5.41) is 15.3. The van der Waals surface area contributed by atoms with Gasteiger partial charge in [0.1, 0.15) is 0 Å². The molecule has 0 unspecified atom stereocenters. The average Bonchev–Trinajstić information content (AvgIpc) is 2.06. The second-order valence-corrected chi connectivity index (χ2v) is 1.99. The maximum atomic E-state index is 8.59. The topological polar surface area (TPSA) is 47.6 Å². The molecule has 1 aromatic carbocycles. The summed E-state index contributed by atoms with van der Waals surface area (Å²) in [6.45, 7) is 0. The van der Waals surface area contributed by atoms with Crippen LogP contribution in [0.4, 0.5) is 0 Å². The standard InChI is InChI=1S/C9H6N2/c10-6-5-8-3-1-2-4-9(8)7-11/h1-5,10H. The van der Waals surface area contributed by atoms with Crippen LogP contribution in [0, 0.1) is 16.7 Å². The molecule has 0 spiro atoms. The molecule has 0 heterocycles. The van der Waals surface area contributed by atoms with Crippen LogP contribution in [0.3, 0.4) is 0 Å². The Bertz CT molecular complexity index is 341. The first-order chi connectivity index (χ1) is 5.38. The van der Waals surface area contributed by atoms with Crippen LogP contribution >= 0.6 is 0 Å². The van der Waals surface area contributed by atoms with Gasteiger partial charge in [0, 0.05) is 11.6 Å². The molecule has 0 amide bonds. The first kappa shape index (κ1) is 7.27. The summed E-state index contributed by atoms with van der Waals surface area (Å²) in [6.07, 6.45) is 1.47. The first-order valence-corrected chi connectivity index (χ1v) is 3.13. The van der Waals surface area contributed by atoms with Gasteiger partial charge in [-0.1, -0.05) is 18.2 Å². The summed E-state index contributed by atoms with van der Waals surface area (Å²) in [6, 6.07) is 9.13. The molecule has 52 valence electrons. The molecule has 1 N–H and O–H groups in total. The minimum Gasteiger partial charge on any atom is -0.259 e. The Hall–Kier alpha value is -1.84. The molecule has 0 aromatic heterocycles. The van der Waals surface area contributed by atoms with Gasteiger partial charge in [-0.25, -0.2) is 0 Å². The molecular formula is C9H6N2. The zero-order valence-electron chi connectivity index (χ0n) is 5.83. The van der Waals surface area contributed by atoms with Gasteiger partial charge in [-0.05, 0) is 11.9 Å². The van der Waals surface area contributed by atoms with Crippen LogP contribution in [-0.2, 0) is 0 Å². The van der Waals surface area contributed by atoms with E-state index in [1.165, 1.54) is 6.08 Å². The Morgan fingerprint density at radius 1 is 1.36 bits per heavy atom. The maximum Gasteiger partial charge on any atom is 0.0998 e. The van der Waals surface area contributed by atoms with Gasteiger partial charge in [0.2, 0.25) is 0 Å². The molecule has 0 aliphatic heterocycles. The largest absolute Gasteiger partial charge is 0.259 e. The van der Waals surface area contributed by atoms with Gasteiger partial charge in [0.25, 0.3) is 0 Å². The van der Waals surface area contributed by atoms with Crippen molar-refractivity contribution in [2.45, 2.75) is 0 Å². The van der Waals surface area contributed by atoms with Crippen molar-refractivity contribution in [1.82, 2.24) is 0 Å². The highest BCUT2D eigenvalue weighted by Crippen LogP contribution is 2.06. The van der Waals surface area contributed by atoms with Gasteiger partial charge in [-0.3, -0.25) is 5.41 Å². The normalized spacial score (nSPS) is 7.91. The predicted molar refractivity (Wildman–Crippen MR) is 43.3 cm³/mol. The van der Waals surface area contributed by atoms with Crippen LogP contribution in [0.25, 0.3) is 6.08 Å². The summed E-state index contributed by atoms with van der Waals surface area (Å²) in [5.74, 6) is 2.13. The highest BCUT2D eigenvalue weighted by atomic mass is 14.3. The summed E-state index contributed by atoms with van der Waals surface area (Å²) < 4.78 is 0. The molecule has 0 fully saturated rings. The third kappa shape index (κ3) is 1.54. The van der Waals surface area contributed by atoms with E-state index in [4.69, 9.17) is 10.7 Å². The van der Waals surface area contributed by atoms with Crippen LogP contribution in [0.5, 0.6) is 0 Å². The minimum atomic E-state index is 0.576. The lowest BCUT2D eigenvalue weighted by atomic mass is 10.1. The van der Waals surface area contributed by atoms with E-state index >= 15 is 0 Å². The Kier molecular flexibility index (Phi) is 2.22. The van der Waals surface area contributed by atoms with Gasteiger partial charge in [0.05, 0.1) is 11.6 Å². The van der Waals surface area contributed by atoms with E-state index in [0.717, 1.165) is 5.56 Å². The minimum absolute atomic E-state index is 0.576. The van der Waals surface area contributed by atoms with E-state index < -0.39 is 0 Å². The number of nitriles is 1. The molecule has 2 nitrogen and oxygen atoms in total. The monoisotopic (exact) mass is 142 g/mol. The lowest BCUT2D eigenvalue weighted by Crippen LogP contribution is -1.79. The summed E-state index contributed by atoms with van der Waals surface area (Å²) in [4.78, 5) is 0. The lowest BCUT2D eigenvalue weighted by molar-refractivity contribution is 1.47. The highest BCUT2D eigenvalue weighted by molar-refractivity contribution is 5.78. The van der Waals surface area contributed by atoms with Crippen molar-refractivity contribution in [3.63, 3.8) is 0 Å². The fraction of sp³-hybridized carbons (Fsp3) is 0. The predicted octanol–water partition coefficient (Wildman–Crippen LogP) is 1.82. The Balaban J connectivity index is 3.25. The van der Waals surface area contributed by atoms with Gasteiger partial charge in [-0.15, -0.1) is 0 Å². The molecule has 0 saturated heterocycles. The molecule has 0 radical (unpaired) electrons. The third-order valence-corrected chi connectivity index (χ3v) is 1.31. The summed E-state index contributed by atoms with van der Waals surface area (Å²) in [5.41, 5.74) is 1.32. The van der Waals surface area contributed by atoms with Crippen LogP contribution < -0.4 is 0 Å². The van der Waals surface area contributed by atoms with E-state index in [1.807, 2.05) is 12.1 Å². The Morgan fingerprint density at radius 3 is 2.73 bits per heavy atom. The number of hydrogen-bond acceptors (Lipinski definition) is 2. The molecular weight excluding hydrogens is 136 g/mol. The van der Waals surface area contributed by atoms with Gasteiger partial charge < -0.3 is 0 Å². The van der Waals surface area contributed by atoms with Crippen LogP contribution in [0.15, 0.2) is 24.3 Å². The fourth-order valence-electron chi connectivity index (χ4n) is 0.802. The van der Waals surface area contributed by atoms with Crippen molar-refractivity contribution in [2.75, 3.05) is 0 Å². The average molecular weight is 142 g/mol. The quantitative estimate of drug-likeness (QED) is 0.597. The number of nitrogens with one attached hydrogen (secondary N) is 1. The van der Waals surface area contributed by atoms with E-state index in [2.05, 4.69) is 5.87 Å². The lowest BCUT2D eigenvalue weighted by Gasteiger charge is -1.92. The highest BCUT2D eigenvalue weighted by Gasteiger charge is 1.93. The van der Waals surface area contributed by atoms with Gasteiger partial charge in [0.15, 0.2) is 0 Å². The van der Waals surface area contributed by atoms with E-state index in [-0.39, 0.29) is 0 Å². The molecule has 1 aromatic rings. The van der Waals surface area contributed by atoms with Crippen LogP contribution in [-0.4, -0.2) is 5.87 Å². The van der Waals surface area contributed by atoms with Gasteiger partial charge in [-0.2, -0.15) is 5.26 Å². The molecule has 0 atom stereocenters. The number of rotatable bonds is 1. The number of hydrogen-bond donors (Lipinski definition) is 1. The molecule has 11 heavy (non-hydrogen) atoms. The zero-order valence-corrected chi connectivity index (χ0v) is 5.83. The second-order valence-electron chi connectivity index (χ2n) is 1.99. The van der Waals surface area contributed by atoms with Crippen molar-refractivity contribution >= 4 is 11.9 Å². The summed E-state index contributed by atoms with van der Waals surface area (Å²) >= 11 is 0. The Labute approximate surface area is 64.9 Å².